The van der Waals surface area contributed by atoms with Crippen molar-refractivity contribution in [2.24, 2.45) is 5.73 Å². The molecule has 2 aromatic rings. The molecule has 96 valence electrons. The van der Waals surface area contributed by atoms with E-state index in [1.165, 1.54) is 23.6 Å². The Hall–Kier alpha value is -2.34. The van der Waals surface area contributed by atoms with Crippen molar-refractivity contribution in [3.63, 3.8) is 0 Å². The number of nitrogens with two attached hydrogens (primary N) is 1. The van der Waals surface area contributed by atoms with Crippen molar-refractivity contribution in [1.29, 1.82) is 0 Å². The molecule has 1 aromatic carbocycles. The van der Waals surface area contributed by atoms with Gasteiger partial charge in [-0.1, -0.05) is 12.2 Å². The molecule has 6 heteroatoms. The topological polar surface area (TPSA) is 72.1 Å². The number of thiocarbonyl (C=S) groups is 1. The molecule has 0 spiro atoms. The van der Waals surface area contributed by atoms with Gasteiger partial charge in [0, 0.05) is 30.7 Å². The summed E-state index contributed by atoms with van der Waals surface area (Å²) in [7, 11) is 1.69. The van der Waals surface area contributed by atoms with E-state index in [0.29, 0.717) is 10.6 Å². The summed E-state index contributed by atoms with van der Waals surface area (Å²) in [5.74, 6) is -0.177. The third kappa shape index (κ3) is 2.92. The molecule has 0 saturated heterocycles. The van der Waals surface area contributed by atoms with E-state index in [2.05, 4.69) is 9.97 Å². The van der Waals surface area contributed by atoms with Crippen molar-refractivity contribution in [2.45, 2.75) is 0 Å². The van der Waals surface area contributed by atoms with Gasteiger partial charge in [0.05, 0.1) is 5.56 Å². The van der Waals surface area contributed by atoms with Crippen LogP contribution in [0.5, 0.6) is 0 Å². The lowest BCUT2D eigenvalue weighted by Crippen LogP contribution is -2.26. The maximum Gasteiger partial charge on any atom is 0.261 e. The zero-order valence-electron chi connectivity index (χ0n) is 10.3. The van der Waals surface area contributed by atoms with Gasteiger partial charge in [0.15, 0.2) is 0 Å². The number of nitrogens with zero attached hydrogens (tertiary/aromatic N) is 3. The Kier molecular flexibility index (Phi) is 3.82. The molecule has 0 aliphatic rings. The summed E-state index contributed by atoms with van der Waals surface area (Å²) >= 11 is 4.88. The molecule has 0 aliphatic heterocycles. The molecular formula is C13H12N4OS. The predicted octanol–water partition coefficient (Wildman–Crippen LogP) is 1.39. The van der Waals surface area contributed by atoms with Gasteiger partial charge in [-0.2, -0.15) is 0 Å². The highest BCUT2D eigenvalue weighted by Crippen LogP contribution is 2.16. The van der Waals surface area contributed by atoms with Crippen molar-refractivity contribution in [3.05, 3.63) is 54.1 Å². The fourth-order valence-electron chi connectivity index (χ4n) is 1.57. The summed E-state index contributed by atoms with van der Waals surface area (Å²) in [6, 6.07) is 7.14. The SMILES string of the molecule is CN(C(=O)c1cncnc1)c1ccc(C(N)=S)cc1. The monoisotopic (exact) mass is 272 g/mol. The zero-order valence-corrected chi connectivity index (χ0v) is 11.1. The zero-order chi connectivity index (χ0) is 13.8. The fraction of sp³-hybridized carbons (Fsp3) is 0.0769. The first-order valence-electron chi connectivity index (χ1n) is 5.52. The largest absolute Gasteiger partial charge is 0.389 e. The second-order valence-electron chi connectivity index (χ2n) is 3.90. The first kappa shape index (κ1) is 13.1. The van der Waals surface area contributed by atoms with E-state index in [-0.39, 0.29) is 5.91 Å². The lowest BCUT2D eigenvalue weighted by atomic mass is 10.2. The molecule has 0 bridgehead atoms. The smallest absolute Gasteiger partial charge is 0.261 e. The normalized spacial score (nSPS) is 9.95. The predicted molar refractivity (Wildman–Crippen MR) is 77.1 cm³/mol. The highest BCUT2D eigenvalue weighted by atomic mass is 32.1. The highest BCUT2D eigenvalue weighted by molar-refractivity contribution is 7.80. The summed E-state index contributed by atoms with van der Waals surface area (Å²) in [5.41, 5.74) is 7.47. The Labute approximate surface area is 116 Å². The van der Waals surface area contributed by atoms with Crippen LogP contribution in [0.4, 0.5) is 5.69 Å². The number of hydrogen-bond acceptors (Lipinski definition) is 4. The fourth-order valence-corrected chi connectivity index (χ4v) is 1.71. The quantitative estimate of drug-likeness (QED) is 0.855. The maximum absolute atomic E-state index is 12.2. The molecule has 2 rings (SSSR count). The third-order valence-electron chi connectivity index (χ3n) is 2.65. The molecule has 1 aromatic heterocycles. The standard InChI is InChI=1S/C13H12N4OS/c1-17(13(18)10-6-15-8-16-7-10)11-4-2-9(3-5-11)12(14)19/h2-8H,1H3,(H2,14,19). The second-order valence-corrected chi connectivity index (χ2v) is 4.34. The van der Waals surface area contributed by atoms with Crippen LogP contribution in [0.15, 0.2) is 43.0 Å². The van der Waals surface area contributed by atoms with Crippen molar-refractivity contribution in [1.82, 2.24) is 9.97 Å². The van der Waals surface area contributed by atoms with E-state index in [4.69, 9.17) is 18.0 Å². The number of amides is 1. The number of aromatic nitrogens is 2. The van der Waals surface area contributed by atoms with Crippen molar-refractivity contribution >= 4 is 28.8 Å². The minimum absolute atomic E-state index is 0.177. The van der Waals surface area contributed by atoms with E-state index >= 15 is 0 Å². The average Bonchev–Trinajstić information content (AvgIpc) is 2.46. The molecule has 1 amide bonds. The van der Waals surface area contributed by atoms with E-state index < -0.39 is 0 Å². The molecular weight excluding hydrogens is 260 g/mol. The van der Waals surface area contributed by atoms with Gasteiger partial charge >= 0.3 is 0 Å². The lowest BCUT2D eigenvalue weighted by Gasteiger charge is -2.17. The van der Waals surface area contributed by atoms with Gasteiger partial charge in [-0.3, -0.25) is 4.79 Å². The van der Waals surface area contributed by atoms with Gasteiger partial charge in [-0.25, -0.2) is 9.97 Å². The Morgan fingerprint density at radius 1 is 1.16 bits per heavy atom. The second kappa shape index (κ2) is 5.53. The number of carbonyl (C=O) groups excluding carboxylic acids is 1. The number of hydrogen-bond donors (Lipinski definition) is 1. The van der Waals surface area contributed by atoms with Gasteiger partial charge in [-0.05, 0) is 24.3 Å². The lowest BCUT2D eigenvalue weighted by molar-refractivity contribution is 0.0992. The molecule has 0 unspecified atom stereocenters. The first-order chi connectivity index (χ1) is 9.09. The van der Waals surface area contributed by atoms with E-state index in [9.17, 15) is 4.79 Å². The number of rotatable bonds is 3. The van der Waals surface area contributed by atoms with Gasteiger partial charge in [0.25, 0.3) is 5.91 Å². The van der Waals surface area contributed by atoms with E-state index in [1.807, 2.05) is 0 Å². The number of anilines is 1. The molecule has 19 heavy (non-hydrogen) atoms. The summed E-state index contributed by atoms with van der Waals surface area (Å²) in [6.45, 7) is 0. The number of benzene rings is 1. The summed E-state index contributed by atoms with van der Waals surface area (Å²) < 4.78 is 0. The van der Waals surface area contributed by atoms with E-state index in [0.717, 1.165) is 11.3 Å². The Morgan fingerprint density at radius 2 is 1.74 bits per heavy atom. The van der Waals surface area contributed by atoms with Crippen molar-refractivity contribution < 1.29 is 4.79 Å². The van der Waals surface area contributed by atoms with Crippen molar-refractivity contribution in [2.75, 3.05) is 11.9 Å². The third-order valence-corrected chi connectivity index (χ3v) is 2.89. The molecule has 5 nitrogen and oxygen atoms in total. The first-order valence-corrected chi connectivity index (χ1v) is 5.93. The Morgan fingerprint density at radius 3 is 2.26 bits per heavy atom. The summed E-state index contributed by atoms with van der Waals surface area (Å²) in [5, 5.41) is 0. The van der Waals surface area contributed by atoms with Crippen LogP contribution in [-0.4, -0.2) is 27.9 Å². The molecule has 0 saturated carbocycles. The Balaban J connectivity index is 2.22. The van der Waals surface area contributed by atoms with Gasteiger partial charge in [0.1, 0.15) is 11.3 Å². The van der Waals surface area contributed by atoms with Gasteiger partial charge in [0.2, 0.25) is 0 Å². The summed E-state index contributed by atoms with van der Waals surface area (Å²) in [4.78, 5) is 21.7. The Bertz CT molecular complexity index is 598. The van der Waals surface area contributed by atoms with Crippen molar-refractivity contribution in [3.8, 4) is 0 Å². The van der Waals surface area contributed by atoms with Crippen LogP contribution >= 0.6 is 12.2 Å². The maximum atomic E-state index is 12.2. The van der Waals surface area contributed by atoms with Crippen LogP contribution in [0, 0.1) is 0 Å². The van der Waals surface area contributed by atoms with Gasteiger partial charge < -0.3 is 10.6 Å². The van der Waals surface area contributed by atoms with E-state index in [1.54, 1.807) is 31.3 Å². The van der Waals surface area contributed by atoms with Gasteiger partial charge in [-0.15, -0.1) is 0 Å². The van der Waals surface area contributed by atoms with Crippen LogP contribution in [0.3, 0.4) is 0 Å². The molecule has 0 radical (unpaired) electrons. The number of carbonyl (C=O) groups is 1. The highest BCUT2D eigenvalue weighted by Gasteiger charge is 2.13. The molecule has 0 atom stereocenters. The van der Waals surface area contributed by atoms with Crippen LogP contribution in [0.1, 0.15) is 15.9 Å². The molecule has 0 aliphatic carbocycles. The minimum Gasteiger partial charge on any atom is -0.389 e. The van der Waals surface area contributed by atoms with Crippen LogP contribution in [0.2, 0.25) is 0 Å². The molecule has 1 heterocycles. The van der Waals surface area contributed by atoms with Crippen LogP contribution in [-0.2, 0) is 0 Å². The average molecular weight is 272 g/mol. The van der Waals surface area contributed by atoms with Crippen LogP contribution in [0.25, 0.3) is 0 Å². The minimum atomic E-state index is -0.177. The molecule has 0 fully saturated rings. The summed E-state index contributed by atoms with van der Waals surface area (Å²) in [6.07, 6.45) is 4.35. The van der Waals surface area contributed by atoms with Crippen LogP contribution < -0.4 is 10.6 Å². The molecule has 2 N–H and O–H groups in total.